The number of carbonyl (C=O) groups is 2. The monoisotopic (exact) mass is 491 g/mol. The molecular formula is C24H23Cl2NO4S. The third-order valence-electron chi connectivity index (χ3n) is 4.66. The number of imide groups is 1. The highest BCUT2D eigenvalue weighted by Crippen LogP contribution is 2.38. The van der Waals surface area contributed by atoms with E-state index in [9.17, 15) is 9.59 Å². The van der Waals surface area contributed by atoms with Gasteiger partial charge in [-0.1, -0.05) is 35.3 Å². The van der Waals surface area contributed by atoms with Crippen LogP contribution in [0.5, 0.6) is 11.5 Å². The first-order chi connectivity index (χ1) is 15.4. The van der Waals surface area contributed by atoms with Gasteiger partial charge >= 0.3 is 0 Å². The van der Waals surface area contributed by atoms with Gasteiger partial charge in [0.25, 0.3) is 11.1 Å². The number of ether oxygens (including phenoxy) is 2. The van der Waals surface area contributed by atoms with Gasteiger partial charge < -0.3 is 9.47 Å². The van der Waals surface area contributed by atoms with Crippen molar-refractivity contribution in [3.05, 3.63) is 74.6 Å². The van der Waals surface area contributed by atoms with Crippen molar-refractivity contribution in [3.63, 3.8) is 0 Å². The van der Waals surface area contributed by atoms with Crippen LogP contribution in [0.15, 0.2) is 47.9 Å². The minimum atomic E-state index is -0.395. The molecule has 0 N–H and O–H groups in total. The fourth-order valence-electron chi connectivity index (χ4n) is 3.27. The second-order valence-corrected chi connectivity index (χ2v) is 8.64. The number of carbonyl (C=O) groups excluding carboxylic acids is 2. The predicted octanol–water partition coefficient (Wildman–Crippen LogP) is 6.76. The Morgan fingerprint density at radius 1 is 1.09 bits per heavy atom. The molecule has 1 aliphatic rings. The first kappa shape index (κ1) is 24.2. The van der Waals surface area contributed by atoms with Crippen molar-refractivity contribution in [1.82, 2.24) is 4.90 Å². The molecule has 3 rings (SSSR count). The Bertz CT molecular complexity index is 1060. The van der Waals surface area contributed by atoms with Crippen molar-refractivity contribution >= 4 is 52.2 Å². The SMILES string of the molecule is C=CCc1cc(C=C2SC(=O)N(Cc3c(Cl)cccc3Cl)C2=O)cc(OCC)c1OCC. The number of allylic oxidation sites excluding steroid dienone is 1. The highest BCUT2D eigenvalue weighted by Gasteiger charge is 2.35. The van der Waals surface area contributed by atoms with E-state index in [0.717, 1.165) is 27.8 Å². The zero-order chi connectivity index (χ0) is 23.3. The van der Waals surface area contributed by atoms with E-state index in [2.05, 4.69) is 6.58 Å². The lowest BCUT2D eigenvalue weighted by atomic mass is 10.0. The normalized spacial score (nSPS) is 14.9. The third kappa shape index (κ3) is 5.31. The van der Waals surface area contributed by atoms with Crippen LogP contribution in [-0.2, 0) is 17.8 Å². The predicted molar refractivity (Wildman–Crippen MR) is 131 cm³/mol. The van der Waals surface area contributed by atoms with Gasteiger partial charge in [-0.15, -0.1) is 6.58 Å². The van der Waals surface area contributed by atoms with E-state index in [1.54, 1.807) is 36.4 Å². The van der Waals surface area contributed by atoms with Crippen molar-refractivity contribution in [1.29, 1.82) is 0 Å². The standard InChI is InChI=1S/C24H23Cl2NO4S/c1-4-8-16-11-15(12-20(30-5-2)22(16)31-6-3)13-21-23(28)27(24(29)32-21)14-17-18(25)9-7-10-19(17)26/h4,7,9-13H,1,5-6,8,14H2,2-3H3. The van der Waals surface area contributed by atoms with E-state index in [1.807, 2.05) is 19.9 Å². The molecule has 1 aliphatic heterocycles. The lowest BCUT2D eigenvalue weighted by molar-refractivity contribution is -0.123. The van der Waals surface area contributed by atoms with Crippen LogP contribution in [0.1, 0.15) is 30.5 Å². The number of thioether (sulfide) groups is 1. The van der Waals surface area contributed by atoms with E-state index in [1.165, 1.54) is 0 Å². The summed E-state index contributed by atoms with van der Waals surface area (Å²) < 4.78 is 11.6. The van der Waals surface area contributed by atoms with Gasteiger partial charge in [0, 0.05) is 21.2 Å². The van der Waals surface area contributed by atoms with Crippen LogP contribution in [0, 0.1) is 0 Å². The molecule has 0 bridgehead atoms. The highest BCUT2D eigenvalue weighted by atomic mass is 35.5. The summed E-state index contributed by atoms with van der Waals surface area (Å²) in [4.78, 5) is 27.0. The summed E-state index contributed by atoms with van der Waals surface area (Å²) >= 11 is 13.3. The van der Waals surface area contributed by atoms with Crippen molar-refractivity contribution < 1.29 is 19.1 Å². The van der Waals surface area contributed by atoms with Crippen LogP contribution < -0.4 is 9.47 Å². The summed E-state index contributed by atoms with van der Waals surface area (Å²) in [7, 11) is 0. The lowest BCUT2D eigenvalue weighted by Crippen LogP contribution is -2.27. The van der Waals surface area contributed by atoms with E-state index in [4.69, 9.17) is 32.7 Å². The van der Waals surface area contributed by atoms with Gasteiger partial charge in [0.15, 0.2) is 11.5 Å². The molecule has 0 saturated carbocycles. The first-order valence-electron chi connectivity index (χ1n) is 10.1. The molecule has 0 spiro atoms. The number of halogens is 2. The second kappa shape index (κ2) is 10.9. The third-order valence-corrected chi connectivity index (χ3v) is 6.27. The number of hydrogen-bond donors (Lipinski definition) is 0. The fourth-order valence-corrected chi connectivity index (χ4v) is 4.63. The summed E-state index contributed by atoms with van der Waals surface area (Å²) in [5, 5.41) is 0.435. The molecule has 2 aromatic carbocycles. The number of nitrogens with zero attached hydrogens (tertiary/aromatic N) is 1. The van der Waals surface area contributed by atoms with E-state index in [-0.39, 0.29) is 11.8 Å². The van der Waals surface area contributed by atoms with Crippen molar-refractivity contribution in [2.45, 2.75) is 26.8 Å². The molecule has 168 valence electrons. The number of hydrogen-bond acceptors (Lipinski definition) is 5. The maximum atomic E-state index is 13.0. The second-order valence-electron chi connectivity index (χ2n) is 6.83. The van der Waals surface area contributed by atoms with Gasteiger partial charge in [-0.25, -0.2) is 0 Å². The Labute approximate surface area is 202 Å². The molecule has 8 heteroatoms. The highest BCUT2D eigenvalue weighted by molar-refractivity contribution is 8.18. The topological polar surface area (TPSA) is 55.8 Å². The van der Waals surface area contributed by atoms with Crippen LogP contribution in [-0.4, -0.2) is 29.3 Å². The van der Waals surface area contributed by atoms with Crippen LogP contribution in [0.3, 0.4) is 0 Å². The minimum absolute atomic E-state index is 0.00962. The van der Waals surface area contributed by atoms with Gasteiger partial charge in [0.2, 0.25) is 0 Å². The molecule has 2 aromatic rings. The molecule has 0 unspecified atom stereocenters. The van der Waals surface area contributed by atoms with Crippen LogP contribution in [0.25, 0.3) is 6.08 Å². The summed E-state index contributed by atoms with van der Waals surface area (Å²) in [5.74, 6) is 0.850. The fraction of sp³-hybridized carbons (Fsp3) is 0.250. The molecule has 32 heavy (non-hydrogen) atoms. The van der Waals surface area contributed by atoms with Crippen LogP contribution in [0.4, 0.5) is 4.79 Å². The quantitative estimate of drug-likeness (QED) is 0.286. The minimum Gasteiger partial charge on any atom is -0.490 e. The molecule has 0 radical (unpaired) electrons. The summed E-state index contributed by atoms with van der Waals surface area (Å²) in [5.41, 5.74) is 2.16. The zero-order valence-electron chi connectivity index (χ0n) is 17.8. The van der Waals surface area contributed by atoms with Gasteiger partial charge in [-0.3, -0.25) is 14.5 Å². The molecule has 0 atom stereocenters. The Balaban J connectivity index is 1.95. The molecular weight excluding hydrogens is 469 g/mol. The Morgan fingerprint density at radius 2 is 1.78 bits per heavy atom. The van der Waals surface area contributed by atoms with Gasteiger partial charge in [-0.2, -0.15) is 0 Å². The molecule has 0 aliphatic carbocycles. The van der Waals surface area contributed by atoms with E-state index in [0.29, 0.717) is 51.6 Å². The van der Waals surface area contributed by atoms with E-state index < -0.39 is 5.91 Å². The van der Waals surface area contributed by atoms with Gasteiger partial charge in [0.1, 0.15) is 0 Å². The molecule has 5 nitrogen and oxygen atoms in total. The average Bonchev–Trinajstić information content (AvgIpc) is 3.00. The zero-order valence-corrected chi connectivity index (χ0v) is 20.1. The number of benzene rings is 2. The van der Waals surface area contributed by atoms with Crippen LogP contribution in [0.2, 0.25) is 10.0 Å². The number of rotatable bonds is 9. The summed E-state index contributed by atoms with van der Waals surface area (Å²) in [6.45, 7) is 8.57. The van der Waals surface area contributed by atoms with Crippen molar-refractivity contribution in [2.24, 2.45) is 0 Å². The average molecular weight is 492 g/mol. The van der Waals surface area contributed by atoms with Crippen molar-refractivity contribution in [2.75, 3.05) is 13.2 Å². The smallest absolute Gasteiger partial charge is 0.293 e. The van der Waals surface area contributed by atoms with E-state index >= 15 is 0 Å². The van der Waals surface area contributed by atoms with Gasteiger partial charge in [0.05, 0.1) is 24.7 Å². The maximum Gasteiger partial charge on any atom is 0.293 e. The summed E-state index contributed by atoms with van der Waals surface area (Å²) in [6, 6.07) is 8.78. The molecule has 1 heterocycles. The van der Waals surface area contributed by atoms with Gasteiger partial charge in [-0.05, 0) is 67.9 Å². The maximum absolute atomic E-state index is 13.0. The largest absolute Gasteiger partial charge is 0.490 e. The number of amides is 2. The lowest BCUT2D eigenvalue weighted by Gasteiger charge is -2.16. The molecule has 1 fully saturated rings. The van der Waals surface area contributed by atoms with Crippen LogP contribution >= 0.6 is 35.0 Å². The molecule has 1 saturated heterocycles. The van der Waals surface area contributed by atoms with Crippen molar-refractivity contribution in [3.8, 4) is 11.5 Å². The molecule has 2 amide bonds. The first-order valence-corrected chi connectivity index (χ1v) is 11.7. The Hall–Kier alpha value is -2.41. The Kier molecular flexibility index (Phi) is 8.29. The Morgan fingerprint density at radius 3 is 2.41 bits per heavy atom. The summed E-state index contributed by atoms with van der Waals surface area (Å²) in [6.07, 6.45) is 4.03. The molecule has 0 aromatic heterocycles.